The summed E-state index contributed by atoms with van der Waals surface area (Å²) >= 11 is 0. The van der Waals surface area contributed by atoms with E-state index in [1.54, 1.807) is 6.92 Å². The molecular formula is C10H22N4O2S. The molecule has 1 saturated carbocycles. The van der Waals surface area contributed by atoms with E-state index in [-0.39, 0.29) is 5.75 Å². The Bertz CT molecular complexity index is 363. The minimum absolute atomic E-state index is 0.114. The second kappa shape index (κ2) is 6.20. The Kier molecular flexibility index (Phi) is 5.20. The number of rotatable bonds is 7. The number of nitrogens with two attached hydrogens (primary N) is 1. The van der Waals surface area contributed by atoms with Crippen LogP contribution in [0.25, 0.3) is 0 Å². The first-order chi connectivity index (χ1) is 7.96. The molecule has 0 atom stereocenters. The third kappa shape index (κ3) is 5.36. The van der Waals surface area contributed by atoms with Gasteiger partial charge in [-0.2, -0.15) is 0 Å². The summed E-state index contributed by atoms with van der Waals surface area (Å²) in [6.07, 6.45) is 3.03. The van der Waals surface area contributed by atoms with Gasteiger partial charge in [0.25, 0.3) is 0 Å². The second-order valence-corrected chi connectivity index (χ2v) is 6.33. The van der Waals surface area contributed by atoms with Crippen LogP contribution in [0.15, 0.2) is 4.99 Å². The molecule has 1 aliphatic carbocycles. The largest absolute Gasteiger partial charge is 0.370 e. The number of guanidine groups is 1. The first kappa shape index (κ1) is 14.2. The van der Waals surface area contributed by atoms with Gasteiger partial charge in [0.2, 0.25) is 10.0 Å². The SMILES string of the molecule is CCS(=O)(=O)NCCCN=C(N)N(C)C1CC1. The standard InChI is InChI=1S/C10H22N4O2S/c1-3-17(15,16)13-8-4-7-12-10(11)14(2)9-5-6-9/h9,13H,3-8H2,1-2H3,(H2,11,12). The van der Waals surface area contributed by atoms with E-state index in [9.17, 15) is 8.42 Å². The summed E-state index contributed by atoms with van der Waals surface area (Å²) in [4.78, 5) is 6.20. The molecule has 100 valence electrons. The fourth-order valence-corrected chi connectivity index (χ4v) is 2.02. The summed E-state index contributed by atoms with van der Waals surface area (Å²) in [6.45, 7) is 2.58. The maximum absolute atomic E-state index is 11.1. The molecule has 0 unspecified atom stereocenters. The van der Waals surface area contributed by atoms with E-state index in [2.05, 4.69) is 9.71 Å². The van der Waals surface area contributed by atoms with Gasteiger partial charge >= 0.3 is 0 Å². The third-order valence-electron chi connectivity index (χ3n) is 2.77. The third-order valence-corrected chi connectivity index (χ3v) is 4.17. The molecule has 0 aliphatic heterocycles. The summed E-state index contributed by atoms with van der Waals surface area (Å²) in [5.74, 6) is 0.661. The molecule has 6 nitrogen and oxygen atoms in total. The van der Waals surface area contributed by atoms with Gasteiger partial charge in [-0.15, -0.1) is 0 Å². The molecule has 0 aromatic rings. The average Bonchev–Trinajstić information content (AvgIpc) is 3.11. The second-order valence-electron chi connectivity index (χ2n) is 4.23. The molecule has 1 rings (SSSR count). The van der Waals surface area contributed by atoms with Crippen LogP contribution in [-0.2, 0) is 10.0 Å². The Hall–Kier alpha value is -0.820. The molecule has 1 fully saturated rings. The van der Waals surface area contributed by atoms with Crippen molar-refractivity contribution in [3.05, 3.63) is 0 Å². The van der Waals surface area contributed by atoms with Crippen molar-refractivity contribution in [2.24, 2.45) is 10.7 Å². The molecule has 0 aromatic carbocycles. The number of nitrogens with zero attached hydrogens (tertiary/aromatic N) is 2. The fourth-order valence-electron chi connectivity index (χ4n) is 1.36. The topological polar surface area (TPSA) is 87.8 Å². The van der Waals surface area contributed by atoms with E-state index in [1.165, 1.54) is 12.8 Å². The molecule has 0 amide bonds. The Labute approximate surface area is 103 Å². The Morgan fingerprint density at radius 3 is 2.71 bits per heavy atom. The zero-order valence-electron chi connectivity index (χ0n) is 10.5. The van der Waals surface area contributed by atoms with Gasteiger partial charge in [0.05, 0.1) is 5.75 Å². The summed E-state index contributed by atoms with van der Waals surface area (Å²) in [5, 5.41) is 0. The first-order valence-electron chi connectivity index (χ1n) is 5.96. The molecule has 7 heteroatoms. The predicted molar refractivity (Wildman–Crippen MR) is 69.4 cm³/mol. The van der Waals surface area contributed by atoms with Gasteiger partial charge in [-0.3, -0.25) is 4.99 Å². The summed E-state index contributed by atoms with van der Waals surface area (Å²) in [6, 6.07) is 0.553. The maximum atomic E-state index is 11.1. The molecule has 0 saturated heterocycles. The van der Waals surface area contributed by atoms with Crippen molar-refractivity contribution in [1.29, 1.82) is 0 Å². The lowest BCUT2D eigenvalue weighted by Crippen LogP contribution is -2.36. The van der Waals surface area contributed by atoms with E-state index < -0.39 is 10.0 Å². The molecule has 0 radical (unpaired) electrons. The lowest BCUT2D eigenvalue weighted by Gasteiger charge is -2.16. The van der Waals surface area contributed by atoms with Crippen molar-refractivity contribution in [2.45, 2.75) is 32.2 Å². The van der Waals surface area contributed by atoms with Crippen LogP contribution in [0.1, 0.15) is 26.2 Å². The normalized spacial score (nSPS) is 17.2. The minimum atomic E-state index is -3.08. The van der Waals surface area contributed by atoms with Gasteiger partial charge in [-0.05, 0) is 26.2 Å². The Morgan fingerprint density at radius 2 is 2.18 bits per heavy atom. The van der Waals surface area contributed by atoms with Crippen LogP contribution in [0.2, 0.25) is 0 Å². The van der Waals surface area contributed by atoms with Crippen LogP contribution in [0.3, 0.4) is 0 Å². The van der Waals surface area contributed by atoms with E-state index in [0.29, 0.717) is 31.5 Å². The highest BCUT2D eigenvalue weighted by atomic mass is 32.2. The zero-order valence-corrected chi connectivity index (χ0v) is 11.3. The molecule has 0 aromatic heterocycles. The molecule has 1 aliphatic rings. The minimum Gasteiger partial charge on any atom is -0.370 e. The number of sulfonamides is 1. The van der Waals surface area contributed by atoms with E-state index >= 15 is 0 Å². The van der Waals surface area contributed by atoms with Crippen LogP contribution in [0, 0.1) is 0 Å². The molecule has 0 heterocycles. The van der Waals surface area contributed by atoms with Gasteiger partial charge in [0.1, 0.15) is 0 Å². The highest BCUT2D eigenvalue weighted by Crippen LogP contribution is 2.24. The van der Waals surface area contributed by atoms with Crippen molar-refractivity contribution in [3.63, 3.8) is 0 Å². The summed E-state index contributed by atoms with van der Waals surface area (Å²) in [7, 11) is -1.14. The number of aliphatic imine (C=N–C) groups is 1. The maximum Gasteiger partial charge on any atom is 0.211 e. The van der Waals surface area contributed by atoms with E-state index in [1.807, 2.05) is 11.9 Å². The van der Waals surface area contributed by atoms with Crippen LogP contribution < -0.4 is 10.5 Å². The quantitative estimate of drug-likeness (QED) is 0.375. The van der Waals surface area contributed by atoms with Gasteiger partial charge in [0, 0.05) is 26.2 Å². The Balaban J connectivity index is 2.16. The van der Waals surface area contributed by atoms with Gasteiger partial charge in [-0.25, -0.2) is 13.1 Å². The van der Waals surface area contributed by atoms with Crippen LogP contribution in [0.4, 0.5) is 0 Å². The summed E-state index contributed by atoms with van der Waals surface area (Å²) in [5.41, 5.74) is 5.79. The molecule has 0 spiro atoms. The van der Waals surface area contributed by atoms with Crippen molar-refractivity contribution in [2.75, 3.05) is 25.9 Å². The van der Waals surface area contributed by atoms with E-state index in [0.717, 1.165) is 0 Å². The van der Waals surface area contributed by atoms with E-state index in [4.69, 9.17) is 5.73 Å². The summed E-state index contributed by atoms with van der Waals surface area (Å²) < 4.78 is 24.7. The van der Waals surface area contributed by atoms with Gasteiger partial charge in [-0.1, -0.05) is 0 Å². The highest BCUT2D eigenvalue weighted by molar-refractivity contribution is 7.89. The molecular weight excluding hydrogens is 240 g/mol. The van der Waals surface area contributed by atoms with Crippen molar-refractivity contribution < 1.29 is 8.42 Å². The highest BCUT2D eigenvalue weighted by Gasteiger charge is 2.27. The van der Waals surface area contributed by atoms with Gasteiger partial charge < -0.3 is 10.6 Å². The zero-order chi connectivity index (χ0) is 12.9. The molecule has 17 heavy (non-hydrogen) atoms. The molecule has 3 N–H and O–H groups in total. The van der Waals surface area contributed by atoms with Gasteiger partial charge in [0.15, 0.2) is 5.96 Å². The van der Waals surface area contributed by atoms with Crippen molar-refractivity contribution in [1.82, 2.24) is 9.62 Å². The van der Waals surface area contributed by atoms with Crippen LogP contribution in [0.5, 0.6) is 0 Å². The number of hydrogen-bond acceptors (Lipinski definition) is 3. The van der Waals surface area contributed by atoms with Crippen molar-refractivity contribution in [3.8, 4) is 0 Å². The molecule has 0 bridgehead atoms. The number of hydrogen-bond donors (Lipinski definition) is 2. The lowest BCUT2D eigenvalue weighted by atomic mass is 10.4. The Morgan fingerprint density at radius 1 is 1.53 bits per heavy atom. The van der Waals surface area contributed by atoms with Crippen LogP contribution in [-0.4, -0.2) is 51.2 Å². The monoisotopic (exact) mass is 262 g/mol. The van der Waals surface area contributed by atoms with Crippen LogP contribution >= 0.6 is 0 Å². The fraction of sp³-hybridized carbons (Fsp3) is 0.900. The number of nitrogens with one attached hydrogen (secondary N) is 1. The lowest BCUT2D eigenvalue weighted by molar-refractivity contribution is 0.487. The first-order valence-corrected chi connectivity index (χ1v) is 7.61. The smallest absolute Gasteiger partial charge is 0.211 e. The predicted octanol–water partition coefficient (Wildman–Crippen LogP) is -0.275. The average molecular weight is 262 g/mol. The van der Waals surface area contributed by atoms with Crippen molar-refractivity contribution >= 4 is 16.0 Å².